The van der Waals surface area contributed by atoms with Crippen molar-refractivity contribution in [2.45, 2.75) is 27.7 Å². The van der Waals surface area contributed by atoms with Gasteiger partial charge in [0.15, 0.2) is 0 Å². The second kappa shape index (κ2) is 3.63. The number of benzene rings is 1. The standard InChI is InChI=1S/C12H12N2S/c1-5-6-10-8(3)7(2)9(4)11-12(10)14-15-13-11/h1-4H3. The van der Waals surface area contributed by atoms with Crippen molar-refractivity contribution >= 4 is 22.8 Å². The third-order valence-electron chi connectivity index (χ3n) is 2.83. The monoisotopic (exact) mass is 216 g/mol. The Labute approximate surface area is 93.7 Å². The molecule has 76 valence electrons. The number of aromatic nitrogens is 2. The van der Waals surface area contributed by atoms with E-state index in [1.54, 1.807) is 0 Å². The van der Waals surface area contributed by atoms with Crippen LogP contribution in [0.3, 0.4) is 0 Å². The smallest absolute Gasteiger partial charge is 0.120 e. The van der Waals surface area contributed by atoms with Gasteiger partial charge in [0.2, 0.25) is 0 Å². The van der Waals surface area contributed by atoms with Crippen LogP contribution in [0.25, 0.3) is 11.0 Å². The lowest BCUT2D eigenvalue weighted by molar-refractivity contribution is 1.27. The quantitative estimate of drug-likeness (QED) is 0.633. The molecule has 2 rings (SSSR count). The predicted octanol–water partition coefficient (Wildman–Crippen LogP) is 2.99. The average Bonchev–Trinajstić information content (AvgIpc) is 2.70. The molecule has 0 fully saturated rings. The lowest BCUT2D eigenvalue weighted by atomic mass is 9.97. The van der Waals surface area contributed by atoms with Gasteiger partial charge in [-0.2, -0.15) is 8.75 Å². The van der Waals surface area contributed by atoms with Crippen LogP contribution in [0.5, 0.6) is 0 Å². The summed E-state index contributed by atoms with van der Waals surface area (Å²) in [6.07, 6.45) is 0. The summed E-state index contributed by atoms with van der Waals surface area (Å²) in [6.45, 7) is 8.15. The fourth-order valence-corrected chi connectivity index (χ4v) is 2.31. The number of rotatable bonds is 0. The number of aryl methyl sites for hydroxylation is 1. The van der Waals surface area contributed by atoms with E-state index in [0.29, 0.717) is 0 Å². The van der Waals surface area contributed by atoms with E-state index in [2.05, 4.69) is 41.4 Å². The zero-order chi connectivity index (χ0) is 11.0. The second-order valence-corrected chi connectivity index (χ2v) is 4.11. The minimum absolute atomic E-state index is 0.954. The van der Waals surface area contributed by atoms with E-state index in [9.17, 15) is 0 Å². The van der Waals surface area contributed by atoms with Crippen molar-refractivity contribution in [3.63, 3.8) is 0 Å². The molecule has 0 aliphatic carbocycles. The molecule has 2 nitrogen and oxygen atoms in total. The molecule has 1 aromatic carbocycles. The van der Waals surface area contributed by atoms with Crippen molar-refractivity contribution in [3.05, 3.63) is 22.3 Å². The van der Waals surface area contributed by atoms with Gasteiger partial charge in [-0.05, 0) is 44.4 Å². The van der Waals surface area contributed by atoms with Gasteiger partial charge < -0.3 is 0 Å². The summed E-state index contributed by atoms with van der Waals surface area (Å²) < 4.78 is 8.65. The van der Waals surface area contributed by atoms with Gasteiger partial charge in [0.1, 0.15) is 11.0 Å². The van der Waals surface area contributed by atoms with Gasteiger partial charge >= 0.3 is 0 Å². The highest BCUT2D eigenvalue weighted by atomic mass is 32.1. The Hall–Kier alpha value is -1.40. The van der Waals surface area contributed by atoms with Crippen LogP contribution in [0.4, 0.5) is 0 Å². The summed E-state index contributed by atoms with van der Waals surface area (Å²) in [6, 6.07) is 0. The van der Waals surface area contributed by atoms with Crippen molar-refractivity contribution < 1.29 is 0 Å². The second-order valence-electron chi connectivity index (χ2n) is 3.59. The molecule has 0 radical (unpaired) electrons. The van der Waals surface area contributed by atoms with E-state index in [-0.39, 0.29) is 0 Å². The first-order valence-electron chi connectivity index (χ1n) is 4.81. The van der Waals surface area contributed by atoms with Gasteiger partial charge in [0, 0.05) is 0 Å². The molecule has 0 aliphatic rings. The first-order valence-corrected chi connectivity index (χ1v) is 5.54. The Morgan fingerprint density at radius 1 is 0.933 bits per heavy atom. The zero-order valence-corrected chi connectivity index (χ0v) is 10.1. The predicted molar refractivity (Wildman–Crippen MR) is 64.2 cm³/mol. The third kappa shape index (κ3) is 1.42. The molecule has 0 atom stereocenters. The average molecular weight is 216 g/mol. The summed E-state index contributed by atoms with van der Waals surface area (Å²) >= 11 is 1.26. The van der Waals surface area contributed by atoms with Gasteiger partial charge in [-0.3, -0.25) is 0 Å². The summed E-state index contributed by atoms with van der Waals surface area (Å²) in [4.78, 5) is 0. The first-order chi connectivity index (χ1) is 7.16. The molecule has 0 bridgehead atoms. The Kier molecular flexibility index (Phi) is 2.45. The Balaban J connectivity index is 2.98. The Morgan fingerprint density at radius 2 is 1.60 bits per heavy atom. The van der Waals surface area contributed by atoms with Crippen LogP contribution in [0.15, 0.2) is 0 Å². The number of fused-ring (bicyclic) bond motifs is 1. The largest absolute Gasteiger partial charge is 0.173 e. The van der Waals surface area contributed by atoms with Gasteiger partial charge in [-0.1, -0.05) is 5.92 Å². The molecular formula is C12H12N2S. The SMILES string of the molecule is CC#Cc1c(C)c(C)c(C)c2nsnc12. The minimum atomic E-state index is 0.954. The highest BCUT2D eigenvalue weighted by molar-refractivity contribution is 7.00. The molecule has 2 aromatic rings. The minimum Gasteiger partial charge on any atom is -0.173 e. The van der Waals surface area contributed by atoms with Gasteiger partial charge in [-0.25, -0.2) is 0 Å². The van der Waals surface area contributed by atoms with Gasteiger partial charge in [0.05, 0.1) is 17.3 Å². The van der Waals surface area contributed by atoms with Crippen molar-refractivity contribution in [1.29, 1.82) is 0 Å². The van der Waals surface area contributed by atoms with Crippen LogP contribution in [0.1, 0.15) is 29.2 Å². The lowest BCUT2D eigenvalue weighted by Crippen LogP contribution is -1.94. The van der Waals surface area contributed by atoms with Crippen molar-refractivity contribution in [2.24, 2.45) is 0 Å². The molecule has 0 spiro atoms. The molecule has 3 heteroatoms. The number of hydrogen-bond acceptors (Lipinski definition) is 3. The zero-order valence-electron chi connectivity index (χ0n) is 9.30. The fraction of sp³-hybridized carbons (Fsp3) is 0.333. The van der Waals surface area contributed by atoms with Crippen LogP contribution in [0.2, 0.25) is 0 Å². The molecular weight excluding hydrogens is 204 g/mol. The lowest BCUT2D eigenvalue weighted by Gasteiger charge is -2.07. The molecule has 0 amide bonds. The normalized spacial score (nSPS) is 10.1. The molecule has 0 saturated carbocycles. The summed E-state index contributed by atoms with van der Waals surface area (Å²) in [7, 11) is 0. The van der Waals surface area contributed by atoms with Gasteiger partial charge in [0.25, 0.3) is 0 Å². The summed E-state index contributed by atoms with van der Waals surface area (Å²) in [5, 5.41) is 0. The van der Waals surface area contributed by atoms with E-state index in [4.69, 9.17) is 0 Å². The molecule has 1 heterocycles. The topological polar surface area (TPSA) is 25.8 Å². The number of hydrogen-bond donors (Lipinski definition) is 0. The first kappa shape index (κ1) is 10.1. The maximum Gasteiger partial charge on any atom is 0.120 e. The van der Waals surface area contributed by atoms with Crippen molar-refractivity contribution in [3.8, 4) is 11.8 Å². The highest BCUT2D eigenvalue weighted by Gasteiger charge is 2.13. The van der Waals surface area contributed by atoms with E-state index >= 15 is 0 Å². The fourth-order valence-electron chi connectivity index (χ4n) is 1.70. The van der Waals surface area contributed by atoms with Crippen LogP contribution in [-0.2, 0) is 0 Å². The third-order valence-corrected chi connectivity index (χ3v) is 3.36. The highest BCUT2D eigenvalue weighted by Crippen LogP contribution is 2.27. The van der Waals surface area contributed by atoms with E-state index < -0.39 is 0 Å². The van der Waals surface area contributed by atoms with Gasteiger partial charge in [-0.15, -0.1) is 5.92 Å². The molecule has 15 heavy (non-hydrogen) atoms. The maximum absolute atomic E-state index is 4.33. The molecule has 1 aromatic heterocycles. The number of nitrogens with zero attached hydrogens (tertiary/aromatic N) is 2. The molecule has 0 saturated heterocycles. The van der Waals surface area contributed by atoms with E-state index in [0.717, 1.165) is 16.6 Å². The van der Waals surface area contributed by atoms with Crippen LogP contribution in [0, 0.1) is 32.6 Å². The van der Waals surface area contributed by atoms with Crippen molar-refractivity contribution in [1.82, 2.24) is 8.75 Å². The van der Waals surface area contributed by atoms with Crippen LogP contribution in [-0.4, -0.2) is 8.75 Å². The molecule has 0 unspecified atom stereocenters. The summed E-state index contributed by atoms with van der Waals surface area (Å²) in [5.41, 5.74) is 6.70. The molecule has 0 aliphatic heterocycles. The van der Waals surface area contributed by atoms with Crippen LogP contribution >= 0.6 is 11.7 Å². The Morgan fingerprint density at radius 3 is 2.27 bits per heavy atom. The molecule has 0 N–H and O–H groups in total. The van der Waals surface area contributed by atoms with E-state index in [1.807, 2.05) is 6.92 Å². The Bertz CT molecular complexity index is 585. The summed E-state index contributed by atoms with van der Waals surface area (Å²) in [5.74, 6) is 6.07. The van der Waals surface area contributed by atoms with E-state index in [1.165, 1.54) is 28.4 Å². The maximum atomic E-state index is 4.33. The van der Waals surface area contributed by atoms with Crippen molar-refractivity contribution in [2.75, 3.05) is 0 Å². The van der Waals surface area contributed by atoms with Crippen LogP contribution < -0.4 is 0 Å².